The summed E-state index contributed by atoms with van der Waals surface area (Å²) in [5.41, 5.74) is 3.41. The third-order valence-corrected chi connectivity index (χ3v) is 4.58. The molecular weight excluding hydrogens is 380 g/mol. The van der Waals surface area contributed by atoms with E-state index in [2.05, 4.69) is 0 Å². The van der Waals surface area contributed by atoms with E-state index in [9.17, 15) is 19.8 Å². The minimum atomic E-state index is -1.02. The molecule has 0 heterocycles. The lowest BCUT2D eigenvalue weighted by molar-refractivity contribution is -0.137. The number of aromatic hydroxyl groups is 1. The average molecular weight is 397 g/mol. The molecule has 3 aromatic carbocycles. The minimum Gasteiger partial charge on any atom is -0.507 e. The Labute approximate surface area is 166 Å². The summed E-state index contributed by atoms with van der Waals surface area (Å²) in [5.74, 6) is -2.08. The van der Waals surface area contributed by atoms with Crippen LogP contribution in [-0.4, -0.2) is 27.3 Å². The van der Waals surface area contributed by atoms with Crippen LogP contribution in [0.1, 0.15) is 11.1 Å². The summed E-state index contributed by atoms with van der Waals surface area (Å²) < 4.78 is 0. The van der Waals surface area contributed by atoms with Crippen molar-refractivity contribution in [2.45, 2.75) is 12.8 Å². The molecule has 0 radical (unpaired) electrons. The first kappa shape index (κ1) is 19.5. The van der Waals surface area contributed by atoms with Gasteiger partial charge in [-0.05, 0) is 52.1 Å². The van der Waals surface area contributed by atoms with Crippen LogP contribution in [0.25, 0.3) is 22.3 Å². The van der Waals surface area contributed by atoms with Crippen molar-refractivity contribution < 1.29 is 24.9 Å². The van der Waals surface area contributed by atoms with Gasteiger partial charge in [0, 0.05) is 10.6 Å². The van der Waals surface area contributed by atoms with E-state index in [0.29, 0.717) is 32.8 Å². The van der Waals surface area contributed by atoms with Gasteiger partial charge in [0.1, 0.15) is 5.75 Å². The number of carboxylic acid groups (broad SMARTS) is 2. The predicted molar refractivity (Wildman–Crippen MR) is 107 cm³/mol. The van der Waals surface area contributed by atoms with Crippen LogP contribution in [-0.2, 0) is 22.4 Å². The molecule has 3 aromatic rings. The molecule has 0 bridgehead atoms. The summed E-state index contributed by atoms with van der Waals surface area (Å²) in [7, 11) is 0. The molecule has 0 aliphatic carbocycles. The van der Waals surface area contributed by atoms with E-state index in [-0.39, 0.29) is 18.6 Å². The minimum absolute atomic E-state index is 0.0597. The van der Waals surface area contributed by atoms with Crippen molar-refractivity contribution in [1.82, 2.24) is 0 Å². The molecule has 3 N–H and O–H groups in total. The number of aliphatic carboxylic acids is 2. The Morgan fingerprint density at radius 2 is 1.46 bits per heavy atom. The van der Waals surface area contributed by atoms with Gasteiger partial charge in [-0.1, -0.05) is 48.0 Å². The SMILES string of the molecule is O=C(O)Cc1cc(-c2c(O)cccc2CC(=O)O)ccc1-c1cccc(Cl)c1. The van der Waals surface area contributed by atoms with Crippen LogP contribution in [0.5, 0.6) is 5.75 Å². The lowest BCUT2D eigenvalue weighted by atomic mass is 9.90. The third kappa shape index (κ3) is 4.32. The number of phenols is 1. The van der Waals surface area contributed by atoms with Gasteiger partial charge < -0.3 is 15.3 Å². The first-order chi connectivity index (χ1) is 13.3. The Balaban J connectivity index is 2.17. The molecule has 0 amide bonds. The summed E-state index contributed by atoms with van der Waals surface area (Å²) in [6.45, 7) is 0. The first-order valence-corrected chi connectivity index (χ1v) is 8.86. The molecule has 0 fully saturated rings. The van der Waals surface area contributed by atoms with Gasteiger partial charge in [-0.15, -0.1) is 0 Å². The number of carbonyl (C=O) groups is 2. The highest BCUT2D eigenvalue weighted by atomic mass is 35.5. The molecule has 0 atom stereocenters. The van der Waals surface area contributed by atoms with Crippen molar-refractivity contribution in [2.24, 2.45) is 0 Å². The Morgan fingerprint density at radius 3 is 2.14 bits per heavy atom. The highest BCUT2D eigenvalue weighted by molar-refractivity contribution is 6.30. The van der Waals surface area contributed by atoms with Crippen LogP contribution < -0.4 is 0 Å². The van der Waals surface area contributed by atoms with Crippen LogP contribution in [0.2, 0.25) is 5.02 Å². The molecule has 0 unspecified atom stereocenters. The molecular formula is C22H17ClO5. The van der Waals surface area contributed by atoms with Gasteiger partial charge in [-0.2, -0.15) is 0 Å². The summed E-state index contributed by atoms with van der Waals surface area (Å²) in [4.78, 5) is 22.6. The smallest absolute Gasteiger partial charge is 0.307 e. The molecule has 142 valence electrons. The highest BCUT2D eigenvalue weighted by Crippen LogP contribution is 2.36. The van der Waals surface area contributed by atoms with E-state index >= 15 is 0 Å². The molecule has 6 heteroatoms. The molecule has 0 aliphatic rings. The van der Waals surface area contributed by atoms with Gasteiger partial charge >= 0.3 is 11.9 Å². The van der Waals surface area contributed by atoms with Crippen molar-refractivity contribution >= 4 is 23.5 Å². The lowest BCUT2D eigenvalue weighted by Gasteiger charge is -2.15. The fourth-order valence-corrected chi connectivity index (χ4v) is 3.42. The van der Waals surface area contributed by atoms with Crippen molar-refractivity contribution in [3.05, 3.63) is 76.8 Å². The van der Waals surface area contributed by atoms with Gasteiger partial charge in [0.2, 0.25) is 0 Å². The molecule has 0 aliphatic heterocycles. The van der Waals surface area contributed by atoms with Gasteiger partial charge in [0.25, 0.3) is 0 Å². The average Bonchev–Trinajstić information content (AvgIpc) is 2.61. The monoisotopic (exact) mass is 396 g/mol. The van der Waals surface area contributed by atoms with E-state index in [1.165, 1.54) is 6.07 Å². The third-order valence-electron chi connectivity index (χ3n) is 4.34. The molecule has 0 aromatic heterocycles. The van der Waals surface area contributed by atoms with Crippen LogP contribution in [0.15, 0.2) is 60.7 Å². The van der Waals surface area contributed by atoms with E-state index in [0.717, 1.165) is 5.56 Å². The summed E-state index contributed by atoms with van der Waals surface area (Å²) in [6, 6.07) is 17.0. The highest BCUT2D eigenvalue weighted by Gasteiger charge is 2.16. The second-order valence-corrected chi connectivity index (χ2v) is 6.77. The van der Waals surface area contributed by atoms with E-state index in [4.69, 9.17) is 16.7 Å². The van der Waals surface area contributed by atoms with Gasteiger partial charge in [-0.3, -0.25) is 9.59 Å². The Kier molecular flexibility index (Phi) is 5.66. The van der Waals surface area contributed by atoms with Crippen molar-refractivity contribution in [3.8, 4) is 28.0 Å². The lowest BCUT2D eigenvalue weighted by Crippen LogP contribution is -2.04. The number of carboxylic acids is 2. The molecule has 5 nitrogen and oxygen atoms in total. The quantitative estimate of drug-likeness (QED) is 0.564. The van der Waals surface area contributed by atoms with Crippen LogP contribution in [0.3, 0.4) is 0 Å². The van der Waals surface area contributed by atoms with Crippen LogP contribution >= 0.6 is 11.6 Å². The topological polar surface area (TPSA) is 94.8 Å². The van der Waals surface area contributed by atoms with E-state index < -0.39 is 11.9 Å². The fourth-order valence-electron chi connectivity index (χ4n) is 3.23. The van der Waals surface area contributed by atoms with Crippen LogP contribution in [0.4, 0.5) is 0 Å². The Hall–Kier alpha value is -3.31. The maximum atomic E-state index is 11.4. The van der Waals surface area contributed by atoms with Crippen molar-refractivity contribution in [3.63, 3.8) is 0 Å². The zero-order valence-corrected chi connectivity index (χ0v) is 15.5. The zero-order chi connectivity index (χ0) is 20.3. The molecule has 0 spiro atoms. The van der Waals surface area contributed by atoms with Gasteiger partial charge in [-0.25, -0.2) is 0 Å². The summed E-state index contributed by atoms with van der Waals surface area (Å²) in [5, 5.41) is 29.3. The molecule has 0 saturated carbocycles. The number of phenolic OH excluding ortho intramolecular Hbond substituents is 1. The first-order valence-electron chi connectivity index (χ1n) is 8.49. The second kappa shape index (κ2) is 8.15. The number of rotatable bonds is 6. The maximum absolute atomic E-state index is 11.4. The standard InChI is InChI=1S/C22H17ClO5/c23-17-5-1-3-13(10-17)18-8-7-15(9-16(18)12-21(27)28)22-14(11-20(25)26)4-2-6-19(22)24/h1-10,24H,11-12H2,(H,25,26)(H,27,28). The van der Waals surface area contributed by atoms with E-state index in [1.54, 1.807) is 48.5 Å². The van der Waals surface area contributed by atoms with Gasteiger partial charge in [0.15, 0.2) is 0 Å². The van der Waals surface area contributed by atoms with Crippen LogP contribution in [0, 0.1) is 0 Å². The Bertz CT molecular complexity index is 1060. The summed E-state index contributed by atoms with van der Waals surface area (Å²) in [6.07, 6.45) is -0.481. The fraction of sp³-hybridized carbons (Fsp3) is 0.0909. The molecule has 28 heavy (non-hydrogen) atoms. The second-order valence-electron chi connectivity index (χ2n) is 6.33. The number of hydrogen-bond donors (Lipinski definition) is 3. The van der Waals surface area contributed by atoms with Crippen molar-refractivity contribution in [2.75, 3.05) is 0 Å². The van der Waals surface area contributed by atoms with E-state index in [1.807, 2.05) is 6.07 Å². The largest absolute Gasteiger partial charge is 0.507 e. The Morgan fingerprint density at radius 1 is 0.786 bits per heavy atom. The normalized spacial score (nSPS) is 10.6. The number of halogens is 1. The van der Waals surface area contributed by atoms with Crippen molar-refractivity contribution in [1.29, 1.82) is 0 Å². The molecule has 0 saturated heterocycles. The molecule has 3 rings (SSSR count). The van der Waals surface area contributed by atoms with Gasteiger partial charge in [0.05, 0.1) is 12.8 Å². The number of hydrogen-bond acceptors (Lipinski definition) is 3. The summed E-state index contributed by atoms with van der Waals surface area (Å²) >= 11 is 6.07. The number of benzene rings is 3. The zero-order valence-electron chi connectivity index (χ0n) is 14.7. The predicted octanol–water partition coefficient (Wildman–Crippen LogP) is 4.63. The maximum Gasteiger partial charge on any atom is 0.307 e.